The van der Waals surface area contributed by atoms with E-state index >= 15 is 0 Å². The van der Waals surface area contributed by atoms with Crippen LogP contribution >= 0.6 is 11.8 Å². The first-order valence-corrected chi connectivity index (χ1v) is 11.1. The van der Waals surface area contributed by atoms with Gasteiger partial charge in [-0.2, -0.15) is 0 Å². The van der Waals surface area contributed by atoms with Crippen LogP contribution in [0.15, 0.2) is 27.9 Å². The first-order chi connectivity index (χ1) is 14.0. The van der Waals surface area contributed by atoms with Crippen molar-refractivity contribution < 1.29 is 14.1 Å². The van der Waals surface area contributed by atoms with Gasteiger partial charge < -0.3 is 14.7 Å². The molecule has 3 rings (SSSR count). The van der Waals surface area contributed by atoms with Gasteiger partial charge in [-0.15, -0.1) is 11.8 Å². The van der Waals surface area contributed by atoms with Crippen LogP contribution in [0.2, 0.25) is 0 Å². The number of hydrogen-bond donors (Lipinski definition) is 1. The van der Waals surface area contributed by atoms with Gasteiger partial charge in [0.25, 0.3) is 5.91 Å². The monoisotopic (exact) mass is 416 g/mol. The van der Waals surface area contributed by atoms with Gasteiger partial charge in [0, 0.05) is 43.1 Å². The van der Waals surface area contributed by atoms with Gasteiger partial charge in [0.1, 0.15) is 10.8 Å². The van der Waals surface area contributed by atoms with E-state index in [9.17, 15) is 9.59 Å². The molecule has 1 N–H and O–H groups in total. The summed E-state index contributed by atoms with van der Waals surface area (Å²) in [6.45, 7) is 7.73. The fourth-order valence-corrected chi connectivity index (χ4v) is 4.56. The van der Waals surface area contributed by atoms with Crippen molar-refractivity contribution in [3.8, 4) is 0 Å². The van der Waals surface area contributed by atoms with E-state index in [0.717, 1.165) is 23.4 Å². The molecule has 1 fully saturated rings. The topological polar surface area (TPSA) is 88.3 Å². The van der Waals surface area contributed by atoms with E-state index in [2.05, 4.69) is 15.5 Å². The van der Waals surface area contributed by atoms with Crippen LogP contribution in [-0.4, -0.2) is 46.5 Å². The molecule has 1 aliphatic heterocycles. The van der Waals surface area contributed by atoms with Gasteiger partial charge in [-0.25, -0.2) is 4.98 Å². The number of carbonyl (C=O) groups is 2. The van der Waals surface area contributed by atoms with E-state index < -0.39 is 0 Å². The number of amides is 2. The van der Waals surface area contributed by atoms with Crippen molar-refractivity contribution in [2.45, 2.75) is 50.8 Å². The molecular weight excluding hydrogens is 388 g/mol. The zero-order valence-corrected chi connectivity index (χ0v) is 18.1. The predicted octanol–water partition coefficient (Wildman–Crippen LogP) is 3.36. The molecule has 0 saturated carbocycles. The maximum Gasteiger partial charge on any atom is 0.256 e. The summed E-state index contributed by atoms with van der Waals surface area (Å²) < 4.78 is 5.22. The first kappa shape index (κ1) is 21.4. The lowest BCUT2D eigenvalue weighted by molar-refractivity contribution is -0.126. The SMILES string of the molecule is CCCNC(=O)C1CCN(C(=O)c2cccnc2SCc2c(C)noc2C)CC1. The molecule has 2 aromatic heterocycles. The van der Waals surface area contributed by atoms with Crippen molar-refractivity contribution in [1.29, 1.82) is 0 Å². The number of piperidine rings is 1. The quantitative estimate of drug-likeness (QED) is 0.697. The number of hydrogen-bond acceptors (Lipinski definition) is 6. The third-order valence-electron chi connectivity index (χ3n) is 5.24. The highest BCUT2D eigenvalue weighted by Gasteiger charge is 2.28. The molecule has 0 radical (unpaired) electrons. The lowest BCUT2D eigenvalue weighted by Gasteiger charge is -2.31. The molecule has 2 aromatic rings. The van der Waals surface area contributed by atoms with Crippen molar-refractivity contribution in [2.24, 2.45) is 5.92 Å². The molecule has 0 atom stereocenters. The Morgan fingerprint density at radius 2 is 2.07 bits per heavy atom. The summed E-state index contributed by atoms with van der Waals surface area (Å²) in [5.74, 6) is 1.52. The number of rotatable bonds is 7. The van der Waals surface area contributed by atoms with Crippen LogP contribution < -0.4 is 5.32 Å². The summed E-state index contributed by atoms with van der Waals surface area (Å²) in [7, 11) is 0. The number of aryl methyl sites for hydroxylation is 2. The Hall–Kier alpha value is -2.35. The Bertz CT molecular complexity index is 840. The van der Waals surface area contributed by atoms with Crippen LogP contribution in [0.1, 0.15) is 53.6 Å². The fraction of sp³-hybridized carbons (Fsp3) is 0.524. The minimum Gasteiger partial charge on any atom is -0.361 e. The Morgan fingerprint density at radius 3 is 2.72 bits per heavy atom. The molecule has 0 aliphatic carbocycles. The van der Waals surface area contributed by atoms with E-state index in [1.165, 1.54) is 11.8 Å². The molecule has 2 amide bonds. The number of nitrogens with zero attached hydrogens (tertiary/aromatic N) is 3. The summed E-state index contributed by atoms with van der Waals surface area (Å²) >= 11 is 1.52. The molecule has 7 nitrogen and oxygen atoms in total. The summed E-state index contributed by atoms with van der Waals surface area (Å²) in [6, 6.07) is 3.61. The lowest BCUT2D eigenvalue weighted by atomic mass is 9.95. The van der Waals surface area contributed by atoms with Crippen LogP contribution in [0.3, 0.4) is 0 Å². The predicted molar refractivity (Wildman–Crippen MR) is 112 cm³/mol. The third-order valence-corrected chi connectivity index (χ3v) is 6.27. The standard InChI is InChI=1S/C21H28N4O3S/c1-4-9-22-19(26)16-7-11-25(12-8-16)21(27)17-6-5-10-23-20(17)29-13-18-14(2)24-28-15(18)3/h5-6,10,16H,4,7-9,11-13H2,1-3H3,(H,22,26). The van der Waals surface area contributed by atoms with Gasteiger partial charge in [0.05, 0.1) is 11.3 Å². The zero-order valence-electron chi connectivity index (χ0n) is 17.2. The Morgan fingerprint density at radius 1 is 1.31 bits per heavy atom. The number of likely N-dealkylation sites (tertiary alicyclic amines) is 1. The minimum atomic E-state index is -0.0215. The van der Waals surface area contributed by atoms with E-state index in [1.54, 1.807) is 12.3 Å². The second-order valence-electron chi connectivity index (χ2n) is 7.31. The van der Waals surface area contributed by atoms with E-state index in [-0.39, 0.29) is 17.7 Å². The van der Waals surface area contributed by atoms with Crippen molar-refractivity contribution in [3.63, 3.8) is 0 Å². The smallest absolute Gasteiger partial charge is 0.256 e. The van der Waals surface area contributed by atoms with Gasteiger partial charge in [-0.3, -0.25) is 9.59 Å². The molecular formula is C21H28N4O3S. The van der Waals surface area contributed by atoms with Crippen LogP contribution in [-0.2, 0) is 10.5 Å². The minimum absolute atomic E-state index is 0.00659. The molecule has 1 aliphatic rings. The molecule has 3 heterocycles. The van der Waals surface area contributed by atoms with Gasteiger partial charge in [-0.1, -0.05) is 12.1 Å². The summed E-state index contributed by atoms with van der Waals surface area (Å²) in [6.07, 6.45) is 4.03. The summed E-state index contributed by atoms with van der Waals surface area (Å²) in [5, 5.41) is 7.65. The van der Waals surface area contributed by atoms with Crippen molar-refractivity contribution in [1.82, 2.24) is 20.4 Å². The van der Waals surface area contributed by atoms with Gasteiger partial charge in [0.2, 0.25) is 5.91 Å². The van der Waals surface area contributed by atoms with Crippen molar-refractivity contribution in [2.75, 3.05) is 19.6 Å². The van der Waals surface area contributed by atoms with Crippen LogP contribution in [0, 0.1) is 19.8 Å². The van der Waals surface area contributed by atoms with Gasteiger partial charge in [0.15, 0.2) is 0 Å². The lowest BCUT2D eigenvalue weighted by Crippen LogP contribution is -2.43. The highest BCUT2D eigenvalue weighted by Crippen LogP contribution is 2.28. The van der Waals surface area contributed by atoms with Gasteiger partial charge >= 0.3 is 0 Å². The molecule has 1 saturated heterocycles. The number of thioether (sulfide) groups is 1. The molecule has 0 bridgehead atoms. The molecule has 0 unspecified atom stereocenters. The molecule has 8 heteroatoms. The molecule has 156 valence electrons. The average molecular weight is 417 g/mol. The summed E-state index contributed by atoms with van der Waals surface area (Å²) in [5.41, 5.74) is 2.51. The van der Waals surface area contributed by atoms with Crippen LogP contribution in [0.25, 0.3) is 0 Å². The number of aromatic nitrogens is 2. The Labute approximate surface area is 175 Å². The van der Waals surface area contributed by atoms with Crippen molar-refractivity contribution in [3.05, 3.63) is 40.9 Å². The third kappa shape index (κ3) is 5.18. The van der Waals surface area contributed by atoms with Crippen LogP contribution in [0.5, 0.6) is 0 Å². The Balaban J connectivity index is 1.62. The number of pyridine rings is 1. The van der Waals surface area contributed by atoms with Gasteiger partial charge in [-0.05, 0) is 45.2 Å². The van der Waals surface area contributed by atoms with E-state index in [0.29, 0.717) is 48.8 Å². The fourth-order valence-electron chi connectivity index (χ4n) is 3.42. The second kappa shape index (κ2) is 9.91. The van der Waals surface area contributed by atoms with Crippen molar-refractivity contribution >= 4 is 23.6 Å². The zero-order chi connectivity index (χ0) is 20.8. The van der Waals surface area contributed by atoms with Crippen LogP contribution in [0.4, 0.5) is 0 Å². The first-order valence-electron chi connectivity index (χ1n) is 10.1. The summed E-state index contributed by atoms with van der Waals surface area (Å²) in [4.78, 5) is 31.5. The number of carbonyl (C=O) groups excluding carboxylic acids is 2. The average Bonchev–Trinajstić information content (AvgIpc) is 3.07. The maximum atomic E-state index is 13.1. The van der Waals surface area contributed by atoms with E-state index in [1.807, 2.05) is 31.7 Å². The normalized spacial score (nSPS) is 14.8. The highest BCUT2D eigenvalue weighted by molar-refractivity contribution is 7.98. The molecule has 0 aromatic carbocycles. The second-order valence-corrected chi connectivity index (χ2v) is 8.27. The molecule has 0 spiro atoms. The van der Waals surface area contributed by atoms with E-state index in [4.69, 9.17) is 4.52 Å². The number of nitrogens with one attached hydrogen (secondary N) is 1. The highest BCUT2D eigenvalue weighted by atomic mass is 32.2. The largest absolute Gasteiger partial charge is 0.361 e. The maximum absolute atomic E-state index is 13.1. The molecule has 29 heavy (non-hydrogen) atoms. The Kier molecular flexibility index (Phi) is 7.30.